The van der Waals surface area contributed by atoms with E-state index in [-0.39, 0.29) is 5.91 Å². The highest BCUT2D eigenvalue weighted by Gasteiger charge is 2.09. The summed E-state index contributed by atoms with van der Waals surface area (Å²) in [5, 5.41) is 2.89. The molecule has 0 radical (unpaired) electrons. The lowest BCUT2D eigenvalue weighted by Gasteiger charge is -2.17. The molecule has 1 N–H and O–H groups in total. The Kier molecular flexibility index (Phi) is 4.50. The molecule has 88 valence electrons. The molecule has 4 heteroatoms. The number of hydrogen-bond acceptors (Lipinski definition) is 2. The van der Waals surface area contributed by atoms with Gasteiger partial charge >= 0.3 is 0 Å². The van der Waals surface area contributed by atoms with Crippen molar-refractivity contribution in [2.24, 2.45) is 0 Å². The van der Waals surface area contributed by atoms with Gasteiger partial charge in [0.05, 0.1) is 0 Å². The van der Waals surface area contributed by atoms with Gasteiger partial charge in [0.25, 0.3) is 0 Å². The second-order valence-corrected chi connectivity index (χ2v) is 5.09. The molecule has 16 heavy (non-hydrogen) atoms. The number of amides is 1. The summed E-state index contributed by atoms with van der Waals surface area (Å²) in [6.07, 6.45) is 0. The van der Waals surface area contributed by atoms with E-state index < -0.39 is 0 Å². The molecule has 0 aliphatic rings. The first-order chi connectivity index (χ1) is 7.40. The number of hydrogen-bond donors (Lipinski definition) is 1. The number of nitrogens with one attached hydrogen (secondary N) is 1. The van der Waals surface area contributed by atoms with Crippen molar-refractivity contribution in [1.29, 1.82) is 0 Å². The lowest BCUT2D eigenvalue weighted by atomic mass is 10.1. The predicted octanol–water partition coefficient (Wildman–Crippen LogP) is 2.78. The summed E-state index contributed by atoms with van der Waals surface area (Å²) in [4.78, 5) is 13.2. The van der Waals surface area contributed by atoms with Gasteiger partial charge in [-0.1, -0.05) is 15.9 Å². The number of carbonyl (C=O) groups is 1. The summed E-state index contributed by atoms with van der Waals surface area (Å²) in [6.45, 7) is 4.33. The summed E-state index contributed by atoms with van der Waals surface area (Å²) in [7, 11) is 4.02. The van der Waals surface area contributed by atoms with Crippen LogP contribution in [-0.2, 0) is 11.3 Å². The van der Waals surface area contributed by atoms with Gasteiger partial charge in [0, 0.05) is 23.6 Å². The van der Waals surface area contributed by atoms with Crippen LogP contribution < -0.4 is 5.32 Å². The molecule has 3 nitrogen and oxygen atoms in total. The average Bonchev–Trinajstić information content (AvgIpc) is 2.09. The molecule has 0 spiro atoms. The van der Waals surface area contributed by atoms with Gasteiger partial charge in [-0.3, -0.25) is 4.79 Å². The van der Waals surface area contributed by atoms with Crippen molar-refractivity contribution in [3.8, 4) is 0 Å². The molecular formula is C12H17BrN2O. The molecule has 1 aromatic carbocycles. The van der Waals surface area contributed by atoms with Crippen molar-refractivity contribution in [2.45, 2.75) is 20.4 Å². The summed E-state index contributed by atoms with van der Waals surface area (Å²) in [5.41, 5.74) is 3.11. The molecular weight excluding hydrogens is 268 g/mol. The smallest absolute Gasteiger partial charge is 0.221 e. The molecule has 0 fully saturated rings. The van der Waals surface area contributed by atoms with Crippen molar-refractivity contribution in [1.82, 2.24) is 4.90 Å². The Hall–Kier alpha value is -0.870. The van der Waals surface area contributed by atoms with Crippen molar-refractivity contribution >= 4 is 27.5 Å². The fourth-order valence-corrected chi connectivity index (χ4v) is 2.25. The largest absolute Gasteiger partial charge is 0.326 e. The SMILES string of the molecule is CC(=O)Nc1c(C)cc(Br)cc1CN(C)C. The quantitative estimate of drug-likeness (QED) is 0.926. The zero-order valence-electron chi connectivity index (χ0n) is 10.1. The lowest BCUT2D eigenvalue weighted by Crippen LogP contribution is -2.15. The second kappa shape index (κ2) is 5.46. The number of aryl methyl sites for hydroxylation is 1. The minimum absolute atomic E-state index is 0.0366. The Morgan fingerprint density at radius 3 is 2.56 bits per heavy atom. The molecule has 0 saturated heterocycles. The minimum Gasteiger partial charge on any atom is -0.326 e. The highest BCUT2D eigenvalue weighted by Crippen LogP contribution is 2.26. The Bertz CT molecular complexity index is 402. The van der Waals surface area contributed by atoms with Crippen LogP contribution >= 0.6 is 15.9 Å². The number of nitrogens with zero attached hydrogens (tertiary/aromatic N) is 1. The van der Waals surface area contributed by atoms with Crippen molar-refractivity contribution < 1.29 is 4.79 Å². The van der Waals surface area contributed by atoms with Gasteiger partial charge in [-0.25, -0.2) is 0 Å². The number of rotatable bonds is 3. The Labute approximate surface area is 105 Å². The predicted molar refractivity (Wildman–Crippen MR) is 70.6 cm³/mol. The van der Waals surface area contributed by atoms with Gasteiger partial charge in [-0.05, 0) is 44.3 Å². The van der Waals surface area contributed by atoms with Gasteiger partial charge < -0.3 is 10.2 Å². The number of carbonyl (C=O) groups excluding carboxylic acids is 1. The van der Waals surface area contributed by atoms with E-state index in [2.05, 4.69) is 26.1 Å². The van der Waals surface area contributed by atoms with Gasteiger partial charge in [0.15, 0.2) is 0 Å². The van der Waals surface area contributed by atoms with E-state index in [0.717, 1.165) is 27.8 Å². The Balaban J connectivity index is 3.15. The van der Waals surface area contributed by atoms with E-state index in [0.29, 0.717) is 0 Å². The van der Waals surface area contributed by atoms with Crippen LogP contribution in [0.25, 0.3) is 0 Å². The standard InChI is InChI=1S/C12H17BrN2O/c1-8-5-11(13)6-10(7-15(3)4)12(8)14-9(2)16/h5-6H,7H2,1-4H3,(H,14,16). The molecule has 0 aliphatic heterocycles. The summed E-state index contributed by atoms with van der Waals surface area (Å²) in [6, 6.07) is 4.04. The molecule has 0 atom stereocenters. The third-order valence-corrected chi connectivity index (χ3v) is 2.63. The number of benzene rings is 1. The van der Waals surface area contributed by atoms with Crippen LogP contribution in [0.1, 0.15) is 18.1 Å². The third-order valence-electron chi connectivity index (χ3n) is 2.17. The number of anilines is 1. The van der Waals surface area contributed by atoms with Crippen LogP contribution in [-0.4, -0.2) is 24.9 Å². The highest BCUT2D eigenvalue weighted by atomic mass is 79.9. The molecule has 0 unspecified atom stereocenters. The fraction of sp³-hybridized carbons (Fsp3) is 0.417. The monoisotopic (exact) mass is 284 g/mol. The van der Waals surface area contributed by atoms with Gasteiger partial charge in [0.1, 0.15) is 0 Å². The molecule has 1 aromatic rings. The van der Waals surface area contributed by atoms with Crippen molar-refractivity contribution in [2.75, 3.05) is 19.4 Å². The van der Waals surface area contributed by atoms with E-state index in [1.807, 2.05) is 33.2 Å². The van der Waals surface area contributed by atoms with Crippen molar-refractivity contribution in [3.05, 3.63) is 27.7 Å². The summed E-state index contributed by atoms with van der Waals surface area (Å²) < 4.78 is 1.04. The number of halogens is 1. The maximum absolute atomic E-state index is 11.2. The molecule has 0 heterocycles. The molecule has 0 saturated carbocycles. The van der Waals surface area contributed by atoms with Gasteiger partial charge in [0.2, 0.25) is 5.91 Å². The van der Waals surface area contributed by atoms with Crippen LogP contribution in [0.2, 0.25) is 0 Å². The molecule has 1 amide bonds. The third kappa shape index (κ3) is 3.61. The summed E-state index contributed by atoms with van der Waals surface area (Å²) in [5.74, 6) is -0.0366. The van der Waals surface area contributed by atoms with Gasteiger partial charge in [-0.2, -0.15) is 0 Å². The Morgan fingerprint density at radius 2 is 2.06 bits per heavy atom. The van der Waals surface area contributed by atoms with E-state index in [1.165, 1.54) is 6.92 Å². The van der Waals surface area contributed by atoms with Crippen LogP contribution in [0.15, 0.2) is 16.6 Å². The molecule has 0 aliphatic carbocycles. The van der Waals surface area contributed by atoms with E-state index >= 15 is 0 Å². The lowest BCUT2D eigenvalue weighted by molar-refractivity contribution is -0.114. The first-order valence-electron chi connectivity index (χ1n) is 5.11. The average molecular weight is 285 g/mol. The maximum Gasteiger partial charge on any atom is 0.221 e. The van der Waals surface area contributed by atoms with E-state index in [1.54, 1.807) is 0 Å². The molecule has 0 aromatic heterocycles. The summed E-state index contributed by atoms with van der Waals surface area (Å²) >= 11 is 3.47. The zero-order chi connectivity index (χ0) is 12.3. The first kappa shape index (κ1) is 13.2. The molecule has 0 bridgehead atoms. The topological polar surface area (TPSA) is 32.3 Å². The van der Waals surface area contributed by atoms with E-state index in [4.69, 9.17) is 0 Å². The van der Waals surface area contributed by atoms with E-state index in [9.17, 15) is 4.79 Å². The van der Waals surface area contributed by atoms with Crippen molar-refractivity contribution in [3.63, 3.8) is 0 Å². The minimum atomic E-state index is -0.0366. The first-order valence-corrected chi connectivity index (χ1v) is 5.91. The molecule has 1 rings (SSSR count). The second-order valence-electron chi connectivity index (χ2n) is 4.18. The van der Waals surface area contributed by atoms with Gasteiger partial charge in [-0.15, -0.1) is 0 Å². The Morgan fingerprint density at radius 1 is 1.44 bits per heavy atom. The maximum atomic E-state index is 11.2. The van der Waals surface area contributed by atoms with Crippen LogP contribution in [0.4, 0.5) is 5.69 Å². The van der Waals surface area contributed by atoms with Crippen LogP contribution in [0, 0.1) is 6.92 Å². The highest BCUT2D eigenvalue weighted by molar-refractivity contribution is 9.10. The normalized spacial score (nSPS) is 10.6. The fourth-order valence-electron chi connectivity index (χ4n) is 1.63. The van der Waals surface area contributed by atoms with Crippen LogP contribution in [0.3, 0.4) is 0 Å². The van der Waals surface area contributed by atoms with Crippen LogP contribution in [0.5, 0.6) is 0 Å². The zero-order valence-corrected chi connectivity index (χ0v) is 11.7.